The van der Waals surface area contributed by atoms with Crippen molar-refractivity contribution in [2.75, 3.05) is 0 Å². The highest BCUT2D eigenvalue weighted by Crippen LogP contribution is 2.46. The van der Waals surface area contributed by atoms with Gasteiger partial charge in [-0.25, -0.2) is 0 Å². The second-order valence-electron chi connectivity index (χ2n) is 8.71. The number of rotatable bonds is 2. The number of allylic oxidation sites excluding steroid dienone is 1. The smallest absolute Gasteiger partial charge is 0.136 e. The predicted octanol–water partition coefficient (Wildman–Crippen LogP) is 9.18. The van der Waals surface area contributed by atoms with Crippen molar-refractivity contribution in [3.63, 3.8) is 0 Å². The first-order valence-electron chi connectivity index (χ1n) is 11.0. The van der Waals surface area contributed by atoms with Crippen LogP contribution in [-0.2, 0) is 0 Å². The Bertz CT molecular complexity index is 1850. The summed E-state index contributed by atoms with van der Waals surface area (Å²) in [4.78, 5) is 0. The van der Waals surface area contributed by atoms with Gasteiger partial charge in [-0.2, -0.15) is 0 Å². The average Bonchev–Trinajstić information content (AvgIpc) is 3.21. The number of furan rings is 1. The minimum Gasteiger partial charge on any atom is -0.456 e. The van der Waals surface area contributed by atoms with Crippen molar-refractivity contribution < 1.29 is 4.42 Å². The van der Waals surface area contributed by atoms with E-state index in [1.807, 2.05) is 0 Å². The zero-order chi connectivity index (χ0) is 21.4. The van der Waals surface area contributed by atoms with E-state index in [2.05, 4.69) is 104 Å². The Morgan fingerprint density at radius 1 is 0.594 bits per heavy atom. The lowest BCUT2D eigenvalue weighted by Gasteiger charge is -2.13. The van der Waals surface area contributed by atoms with Crippen molar-refractivity contribution in [1.82, 2.24) is 0 Å². The van der Waals surface area contributed by atoms with Gasteiger partial charge >= 0.3 is 0 Å². The van der Waals surface area contributed by atoms with E-state index in [4.69, 9.17) is 4.42 Å². The van der Waals surface area contributed by atoms with Gasteiger partial charge in [0.25, 0.3) is 0 Å². The van der Waals surface area contributed by atoms with Gasteiger partial charge in [0.2, 0.25) is 0 Å². The first-order chi connectivity index (χ1) is 15.7. The Kier molecular flexibility index (Phi) is 3.41. The Morgan fingerprint density at radius 3 is 2.12 bits per heavy atom. The van der Waals surface area contributed by atoms with Crippen molar-refractivity contribution in [3.05, 3.63) is 103 Å². The molecule has 7 aromatic rings. The molecule has 0 N–H and O–H groups in total. The molecular formula is C31H20O. The van der Waals surface area contributed by atoms with Crippen molar-refractivity contribution in [3.8, 4) is 11.1 Å². The Morgan fingerprint density at radius 2 is 1.28 bits per heavy atom. The summed E-state index contributed by atoms with van der Waals surface area (Å²) in [6.45, 7) is 6.19. The molecule has 1 heterocycles. The SMILES string of the molecule is C=C(C)c1cccc(-c2cccc3c2cc2oc4cccc5c6ccccc6c3c2c45)c1. The lowest BCUT2D eigenvalue weighted by molar-refractivity contribution is 0.670. The molecule has 0 fully saturated rings. The van der Waals surface area contributed by atoms with Gasteiger partial charge in [0.05, 0.1) is 0 Å². The molecule has 0 saturated heterocycles. The van der Waals surface area contributed by atoms with Gasteiger partial charge in [-0.3, -0.25) is 0 Å². The maximum atomic E-state index is 6.43. The van der Waals surface area contributed by atoms with Gasteiger partial charge in [-0.05, 0) is 68.7 Å². The summed E-state index contributed by atoms with van der Waals surface area (Å²) in [6, 6.07) is 32.6. The maximum Gasteiger partial charge on any atom is 0.136 e. The number of fused-ring (bicyclic) bond motifs is 5. The number of benzene rings is 6. The summed E-state index contributed by atoms with van der Waals surface area (Å²) >= 11 is 0. The Balaban J connectivity index is 1.72. The predicted molar refractivity (Wildman–Crippen MR) is 138 cm³/mol. The first kappa shape index (κ1) is 17.6. The zero-order valence-corrected chi connectivity index (χ0v) is 17.8. The molecule has 0 atom stereocenters. The van der Waals surface area contributed by atoms with Crippen LogP contribution in [0.4, 0.5) is 0 Å². The summed E-state index contributed by atoms with van der Waals surface area (Å²) in [5.41, 5.74) is 6.56. The summed E-state index contributed by atoms with van der Waals surface area (Å²) in [5, 5.41) is 10.0. The molecule has 1 nitrogen and oxygen atoms in total. The fraction of sp³-hybridized carbons (Fsp3) is 0.0323. The van der Waals surface area contributed by atoms with E-state index < -0.39 is 0 Å². The fourth-order valence-corrected chi connectivity index (χ4v) is 5.37. The largest absolute Gasteiger partial charge is 0.456 e. The van der Waals surface area contributed by atoms with Gasteiger partial charge in [-0.1, -0.05) is 84.9 Å². The summed E-state index contributed by atoms with van der Waals surface area (Å²) in [7, 11) is 0. The van der Waals surface area contributed by atoms with Gasteiger partial charge in [0.15, 0.2) is 0 Å². The van der Waals surface area contributed by atoms with Crippen molar-refractivity contribution in [2.24, 2.45) is 0 Å². The minimum absolute atomic E-state index is 0.952. The van der Waals surface area contributed by atoms with Crippen LogP contribution in [0.25, 0.3) is 71.0 Å². The van der Waals surface area contributed by atoms with Gasteiger partial charge < -0.3 is 4.42 Å². The molecule has 0 bridgehead atoms. The van der Waals surface area contributed by atoms with E-state index >= 15 is 0 Å². The van der Waals surface area contributed by atoms with E-state index in [1.54, 1.807) is 0 Å². The molecule has 0 amide bonds. The molecule has 1 heteroatoms. The molecule has 1 aromatic heterocycles. The monoisotopic (exact) mass is 408 g/mol. The molecule has 0 saturated carbocycles. The molecule has 0 unspecified atom stereocenters. The van der Waals surface area contributed by atoms with Crippen LogP contribution in [0.1, 0.15) is 12.5 Å². The lowest BCUT2D eigenvalue weighted by Crippen LogP contribution is -1.87. The molecule has 32 heavy (non-hydrogen) atoms. The molecule has 0 aliphatic heterocycles. The molecule has 0 aliphatic carbocycles. The minimum atomic E-state index is 0.952. The maximum absolute atomic E-state index is 6.43. The fourth-order valence-electron chi connectivity index (χ4n) is 5.37. The van der Waals surface area contributed by atoms with Crippen LogP contribution in [0.3, 0.4) is 0 Å². The van der Waals surface area contributed by atoms with Crippen LogP contribution in [0.5, 0.6) is 0 Å². The highest BCUT2D eigenvalue weighted by Gasteiger charge is 2.20. The molecular weight excluding hydrogens is 388 g/mol. The van der Waals surface area contributed by atoms with E-state index in [9.17, 15) is 0 Å². The van der Waals surface area contributed by atoms with Gasteiger partial charge in [-0.15, -0.1) is 0 Å². The highest BCUT2D eigenvalue weighted by molar-refractivity contribution is 6.38. The number of hydrogen-bond acceptors (Lipinski definition) is 1. The number of hydrogen-bond donors (Lipinski definition) is 0. The van der Waals surface area contributed by atoms with Crippen molar-refractivity contribution >= 4 is 59.8 Å². The zero-order valence-electron chi connectivity index (χ0n) is 17.8. The third-order valence-electron chi connectivity index (χ3n) is 6.80. The van der Waals surface area contributed by atoms with Gasteiger partial charge in [0, 0.05) is 16.2 Å². The van der Waals surface area contributed by atoms with E-state index in [0.717, 1.165) is 16.7 Å². The lowest BCUT2D eigenvalue weighted by atomic mass is 9.88. The van der Waals surface area contributed by atoms with Crippen LogP contribution in [0, 0.1) is 0 Å². The standard InChI is InChI=1S/C31H20O/c1-18(2)19-8-5-9-20(16-19)21-12-6-13-25-26(21)17-28-31-29(25)23-11-4-3-10-22(23)24-14-7-15-27(32-28)30(24)31/h3-17H,1H2,2H3. The summed E-state index contributed by atoms with van der Waals surface area (Å²) < 4.78 is 6.43. The highest BCUT2D eigenvalue weighted by atomic mass is 16.3. The molecule has 0 radical (unpaired) electrons. The second kappa shape index (κ2) is 6.21. The second-order valence-corrected chi connectivity index (χ2v) is 8.71. The molecule has 0 spiro atoms. The Hall–Kier alpha value is -4.10. The van der Waals surface area contributed by atoms with Crippen LogP contribution < -0.4 is 0 Å². The van der Waals surface area contributed by atoms with Crippen LogP contribution in [0.2, 0.25) is 0 Å². The Labute approximate surface area is 185 Å². The van der Waals surface area contributed by atoms with Crippen LogP contribution >= 0.6 is 0 Å². The normalized spacial score (nSPS) is 12.0. The van der Waals surface area contributed by atoms with Crippen LogP contribution in [-0.4, -0.2) is 0 Å². The third kappa shape index (κ3) is 2.23. The molecule has 150 valence electrons. The molecule has 0 aliphatic rings. The van der Waals surface area contributed by atoms with Crippen molar-refractivity contribution in [2.45, 2.75) is 6.92 Å². The average molecular weight is 409 g/mol. The van der Waals surface area contributed by atoms with Gasteiger partial charge in [0.1, 0.15) is 11.2 Å². The third-order valence-corrected chi connectivity index (χ3v) is 6.80. The van der Waals surface area contributed by atoms with Crippen molar-refractivity contribution in [1.29, 1.82) is 0 Å². The van der Waals surface area contributed by atoms with E-state index in [0.29, 0.717) is 0 Å². The van der Waals surface area contributed by atoms with E-state index in [-0.39, 0.29) is 0 Å². The van der Waals surface area contributed by atoms with Crippen LogP contribution in [0.15, 0.2) is 102 Å². The quantitative estimate of drug-likeness (QED) is 0.260. The summed E-state index contributed by atoms with van der Waals surface area (Å²) in [6.07, 6.45) is 0. The molecule has 6 aromatic carbocycles. The molecule has 7 rings (SSSR count). The van der Waals surface area contributed by atoms with E-state index in [1.165, 1.54) is 59.8 Å². The first-order valence-corrected chi connectivity index (χ1v) is 11.0. The summed E-state index contributed by atoms with van der Waals surface area (Å²) in [5.74, 6) is 0. The topological polar surface area (TPSA) is 13.1 Å².